The average molecular weight is 362 g/mol. The van der Waals surface area contributed by atoms with Crippen molar-refractivity contribution in [2.24, 2.45) is 0 Å². The van der Waals surface area contributed by atoms with Crippen LogP contribution in [0.1, 0.15) is 22.7 Å². The number of carbonyl (C=O) groups excluding carboxylic acids is 1. The van der Waals surface area contributed by atoms with Gasteiger partial charge in [0.05, 0.1) is 12.1 Å². The Labute approximate surface area is 127 Å². The summed E-state index contributed by atoms with van der Waals surface area (Å²) in [4.78, 5) is 17.2. The predicted octanol–water partition coefficient (Wildman–Crippen LogP) is 3.45. The Bertz CT molecular complexity index is 660. The van der Waals surface area contributed by atoms with Crippen LogP contribution < -0.4 is 0 Å². The van der Waals surface area contributed by atoms with Crippen LogP contribution in [0.25, 0.3) is 0 Å². The third-order valence-electron chi connectivity index (χ3n) is 2.84. The number of hydrogen-bond donors (Lipinski definition) is 0. The predicted molar refractivity (Wildman–Crippen MR) is 73.4 cm³/mol. The second kappa shape index (κ2) is 6.30. The minimum Gasteiger partial charge on any atom is -0.334 e. The number of carbonyl (C=O) groups is 1. The second-order valence-corrected chi connectivity index (χ2v) is 5.17. The van der Waals surface area contributed by atoms with Crippen molar-refractivity contribution in [1.82, 2.24) is 14.5 Å². The first-order valence-corrected chi connectivity index (χ1v) is 6.70. The summed E-state index contributed by atoms with van der Waals surface area (Å²) in [5, 5.41) is 0. The van der Waals surface area contributed by atoms with Gasteiger partial charge in [0.2, 0.25) is 0 Å². The molecule has 1 heterocycles. The van der Waals surface area contributed by atoms with Gasteiger partial charge in [0.1, 0.15) is 11.6 Å². The maximum absolute atomic E-state index is 13.2. The van der Waals surface area contributed by atoms with Crippen LogP contribution in [0.3, 0.4) is 0 Å². The van der Waals surface area contributed by atoms with Gasteiger partial charge in [-0.1, -0.05) is 0 Å². The number of imidazole rings is 1. The highest BCUT2D eigenvalue weighted by Gasteiger charge is 2.19. The van der Waals surface area contributed by atoms with Gasteiger partial charge in [-0.05, 0) is 34.1 Å². The second-order valence-electron chi connectivity index (χ2n) is 4.31. The molecule has 2 rings (SSSR count). The Kier molecular flexibility index (Phi) is 4.66. The summed E-state index contributed by atoms with van der Waals surface area (Å²) in [5.41, 5.74) is 0.118. The Morgan fingerprint density at radius 3 is 2.86 bits per heavy atom. The van der Waals surface area contributed by atoms with E-state index in [0.717, 1.165) is 12.3 Å². The van der Waals surface area contributed by atoms with E-state index in [9.17, 15) is 18.0 Å². The Morgan fingerprint density at radius 1 is 1.48 bits per heavy atom. The minimum absolute atomic E-state index is 0.0494. The Balaban J connectivity index is 2.20. The van der Waals surface area contributed by atoms with E-state index in [1.165, 1.54) is 30.3 Å². The van der Waals surface area contributed by atoms with Crippen molar-refractivity contribution in [3.8, 4) is 0 Å². The van der Waals surface area contributed by atoms with E-state index in [2.05, 4.69) is 20.9 Å². The van der Waals surface area contributed by atoms with Gasteiger partial charge in [-0.2, -0.15) is 8.78 Å². The lowest BCUT2D eigenvalue weighted by molar-refractivity contribution is 0.0612. The molecule has 0 unspecified atom stereocenters. The summed E-state index contributed by atoms with van der Waals surface area (Å²) < 4.78 is 39.7. The molecular weight excluding hydrogens is 351 g/mol. The Hall–Kier alpha value is -1.83. The van der Waals surface area contributed by atoms with Crippen LogP contribution in [0.5, 0.6) is 0 Å². The summed E-state index contributed by atoms with van der Waals surface area (Å²) in [5.74, 6) is -0.998. The van der Waals surface area contributed by atoms with Gasteiger partial charge >= 0.3 is 6.55 Å². The van der Waals surface area contributed by atoms with Gasteiger partial charge in [-0.3, -0.25) is 9.36 Å². The molecule has 0 bridgehead atoms. The molecule has 8 heteroatoms. The molecule has 0 saturated carbocycles. The van der Waals surface area contributed by atoms with E-state index in [1.807, 2.05) is 0 Å². The molecule has 0 aliphatic rings. The molecule has 0 aliphatic heterocycles. The Morgan fingerprint density at radius 2 is 2.19 bits per heavy atom. The number of nitrogens with zero attached hydrogens (tertiary/aromatic N) is 3. The molecule has 21 heavy (non-hydrogen) atoms. The molecule has 0 aliphatic carbocycles. The van der Waals surface area contributed by atoms with Gasteiger partial charge in [-0.15, -0.1) is 0 Å². The van der Waals surface area contributed by atoms with Crippen LogP contribution in [-0.4, -0.2) is 27.4 Å². The van der Waals surface area contributed by atoms with Crippen molar-refractivity contribution < 1.29 is 18.0 Å². The van der Waals surface area contributed by atoms with Crippen molar-refractivity contribution in [2.75, 3.05) is 7.05 Å². The van der Waals surface area contributed by atoms with Gasteiger partial charge < -0.3 is 4.90 Å². The van der Waals surface area contributed by atoms with E-state index in [0.29, 0.717) is 9.04 Å². The molecule has 1 aromatic carbocycles. The van der Waals surface area contributed by atoms with Crippen molar-refractivity contribution in [1.29, 1.82) is 0 Å². The maximum atomic E-state index is 13.2. The van der Waals surface area contributed by atoms with E-state index in [4.69, 9.17) is 0 Å². The number of amides is 1. The highest BCUT2D eigenvalue weighted by atomic mass is 79.9. The lowest BCUT2D eigenvalue weighted by Gasteiger charge is -2.18. The first kappa shape index (κ1) is 15.6. The van der Waals surface area contributed by atoms with Gasteiger partial charge in [0, 0.05) is 23.9 Å². The number of rotatable bonds is 4. The zero-order valence-corrected chi connectivity index (χ0v) is 12.5. The lowest BCUT2D eigenvalue weighted by atomic mass is 10.2. The summed E-state index contributed by atoms with van der Waals surface area (Å²) >= 11 is 3.16. The molecule has 4 nitrogen and oxygen atoms in total. The standard InChI is InChI=1S/C13H11BrF3N3O/c1-19(7-11-18-4-5-20(11)13(16)17)12(21)9-6-8(15)2-3-10(9)14/h2-6,13H,7H2,1H3. The van der Waals surface area contributed by atoms with Gasteiger partial charge in [0.15, 0.2) is 0 Å². The topological polar surface area (TPSA) is 38.1 Å². The van der Waals surface area contributed by atoms with Crippen molar-refractivity contribution >= 4 is 21.8 Å². The quantitative estimate of drug-likeness (QED) is 0.836. The molecule has 112 valence electrons. The van der Waals surface area contributed by atoms with Crippen LogP contribution in [0.15, 0.2) is 35.1 Å². The van der Waals surface area contributed by atoms with Crippen molar-refractivity contribution in [2.45, 2.75) is 13.1 Å². The van der Waals surface area contributed by atoms with Crippen molar-refractivity contribution in [3.63, 3.8) is 0 Å². The largest absolute Gasteiger partial charge is 0.334 e. The number of benzene rings is 1. The molecule has 0 saturated heterocycles. The van der Waals surface area contributed by atoms with Crippen LogP contribution in [0.2, 0.25) is 0 Å². The smallest absolute Gasteiger partial charge is 0.319 e. The highest BCUT2D eigenvalue weighted by molar-refractivity contribution is 9.10. The monoisotopic (exact) mass is 361 g/mol. The molecule has 1 aromatic heterocycles. The molecule has 0 fully saturated rings. The lowest BCUT2D eigenvalue weighted by Crippen LogP contribution is -2.28. The molecule has 0 atom stereocenters. The third-order valence-corrected chi connectivity index (χ3v) is 3.53. The number of hydrogen-bond acceptors (Lipinski definition) is 2. The van der Waals surface area contributed by atoms with Crippen LogP contribution in [0.4, 0.5) is 13.2 Å². The molecule has 0 spiro atoms. The molecule has 0 N–H and O–H groups in total. The minimum atomic E-state index is -2.73. The molecule has 0 radical (unpaired) electrons. The van der Waals surface area contributed by atoms with Crippen LogP contribution in [-0.2, 0) is 6.54 Å². The zero-order chi connectivity index (χ0) is 15.6. The molecule has 1 amide bonds. The summed E-state index contributed by atoms with van der Waals surface area (Å²) in [6, 6.07) is 3.71. The first-order chi connectivity index (χ1) is 9.90. The average Bonchev–Trinajstić information content (AvgIpc) is 2.89. The fourth-order valence-electron chi connectivity index (χ4n) is 1.80. The molecule has 2 aromatic rings. The summed E-state index contributed by atoms with van der Waals surface area (Å²) in [6.45, 7) is -2.84. The third kappa shape index (κ3) is 3.44. The maximum Gasteiger partial charge on any atom is 0.319 e. The number of halogens is 4. The van der Waals surface area contributed by atoms with E-state index < -0.39 is 18.3 Å². The van der Waals surface area contributed by atoms with E-state index >= 15 is 0 Å². The fourth-order valence-corrected chi connectivity index (χ4v) is 2.21. The number of alkyl halides is 2. The highest BCUT2D eigenvalue weighted by Crippen LogP contribution is 2.20. The fraction of sp³-hybridized carbons (Fsp3) is 0.231. The van der Waals surface area contributed by atoms with E-state index in [-0.39, 0.29) is 17.9 Å². The van der Waals surface area contributed by atoms with Crippen LogP contribution >= 0.6 is 15.9 Å². The van der Waals surface area contributed by atoms with Gasteiger partial charge in [-0.25, -0.2) is 9.37 Å². The molecular formula is C13H11BrF3N3O. The van der Waals surface area contributed by atoms with Gasteiger partial charge in [0.25, 0.3) is 5.91 Å². The van der Waals surface area contributed by atoms with Crippen molar-refractivity contribution in [3.05, 3.63) is 52.3 Å². The summed E-state index contributed by atoms with van der Waals surface area (Å²) in [7, 11) is 1.43. The zero-order valence-electron chi connectivity index (χ0n) is 10.9. The van der Waals surface area contributed by atoms with Crippen LogP contribution in [0, 0.1) is 5.82 Å². The van der Waals surface area contributed by atoms with E-state index in [1.54, 1.807) is 0 Å². The first-order valence-electron chi connectivity index (χ1n) is 5.90. The SMILES string of the molecule is CN(Cc1nccn1C(F)F)C(=O)c1cc(F)ccc1Br. The summed E-state index contributed by atoms with van der Waals surface area (Å²) in [6.07, 6.45) is 2.37. The normalized spacial score (nSPS) is 11.0. The number of aromatic nitrogens is 2.